The molecular weight excluding hydrogens is 235 g/mol. The third kappa shape index (κ3) is 2.20. The lowest BCUT2D eigenvalue weighted by atomic mass is 10.1. The number of nitro groups is 1. The van der Waals surface area contributed by atoms with Crippen LogP contribution in [0.15, 0.2) is 12.1 Å². The highest BCUT2D eigenvalue weighted by molar-refractivity contribution is 6.31. The number of alkyl halides is 3. The van der Waals surface area contributed by atoms with Gasteiger partial charge in [0.15, 0.2) is 0 Å². The molecule has 0 amide bonds. The van der Waals surface area contributed by atoms with Crippen molar-refractivity contribution in [2.24, 2.45) is 0 Å². The van der Waals surface area contributed by atoms with Crippen LogP contribution in [-0.4, -0.2) is 4.92 Å². The van der Waals surface area contributed by atoms with Crippen LogP contribution in [0.4, 0.5) is 18.9 Å². The molecular formula is C8H5ClF3NO2. The maximum absolute atomic E-state index is 12.5. The Morgan fingerprint density at radius 3 is 2.33 bits per heavy atom. The van der Waals surface area contributed by atoms with Gasteiger partial charge in [-0.15, -0.1) is 0 Å². The first kappa shape index (κ1) is 11.8. The molecule has 7 heteroatoms. The van der Waals surface area contributed by atoms with Crippen LogP contribution in [0.2, 0.25) is 5.02 Å². The topological polar surface area (TPSA) is 43.1 Å². The van der Waals surface area contributed by atoms with Gasteiger partial charge in [-0.3, -0.25) is 10.1 Å². The molecule has 0 unspecified atom stereocenters. The second kappa shape index (κ2) is 3.69. The molecule has 15 heavy (non-hydrogen) atoms. The average molecular weight is 240 g/mol. The summed E-state index contributed by atoms with van der Waals surface area (Å²) in [5.74, 6) is 0. The molecule has 82 valence electrons. The van der Waals surface area contributed by atoms with E-state index in [0.717, 1.165) is 19.1 Å². The van der Waals surface area contributed by atoms with Gasteiger partial charge in [0.2, 0.25) is 0 Å². The van der Waals surface area contributed by atoms with Crippen molar-refractivity contribution in [3.8, 4) is 0 Å². The molecule has 1 aromatic carbocycles. The first-order valence-corrected chi connectivity index (χ1v) is 4.13. The highest BCUT2D eigenvalue weighted by atomic mass is 35.5. The number of hydrogen-bond donors (Lipinski definition) is 0. The third-order valence-corrected chi connectivity index (χ3v) is 2.27. The summed E-state index contributed by atoms with van der Waals surface area (Å²) < 4.78 is 37.5. The van der Waals surface area contributed by atoms with E-state index in [2.05, 4.69) is 0 Å². The van der Waals surface area contributed by atoms with Crippen molar-refractivity contribution in [3.05, 3.63) is 38.4 Å². The Labute approximate surface area is 87.6 Å². The second-order valence-electron chi connectivity index (χ2n) is 2.82. The maximum Gasteiger partial charge on any atom is 0.423 e. The Morgan fingerprint density at radius 2 is 1.93 bits per heavy atom. The van der Waals surface area contributed by atoms with E-state index in [9.17, 15) is 23.3 Å². The van der Waals surface area contributed by atoms with E-state index in [0.29, 0.717) is 0 Å². The first-order chi connectivity index (χ1) is 6.75. The van der Waals surface area contributed by atoms with Crippen molar-refractivity contribution in [3.63, 3.8) is 0 Å². The average Bonchev–Trinajstić information content (AvgIpc) is 2.06. The van der Waals surface area contributed by atoms with E-state index in [1.54, 1.807) is 0 Å². The number of benzene rings is 1. The zero-order valence-corrected chi connectivity index (χ0v) is 8.19. The monoisotopic (exact) mass is 239 g/mol. The van der Waals surface area contributed by atoms with E-state index >= 15 is 0 Å². The molecule has 0 atom stereocenters. The number of nitrogens with zero attached hydrogens (tertiary/aromatic N) is 1. The summed E-state index contributed by atoms with van der Waals surface area (Å²) in [4.78, 5) is 9.32. The number of rotatable bonds is 1. The van der Waals surface area contributed by atoms with E-state index < -0.39 is 22.4 Å². The summed E-state index contributed by atoms with van der Waals surface area (Å²) in [5.41, 5.74) is -2.61. The molecule has 0 bridgehead atoms. The van der Waals surface area contributed by atoms with Crippen LogP contribution in [0.5, 0.6) is 0 Å². The van der Waals surface area contributed by atoms with E-state index in [4.69, 9.17) is 11.6 Å². The highest BCUT2D eigenvalue weighted by Gasteiger charge is 2.40. The minimum Gasteiger partial charge on any atom is -0.258 e. The van der Waals surface area contributed by atoms with Gasteiger partial charge in [0.25, 0.3) is 5.69 Å². The van der Waals surface area contributed by atoms with Gasteiger partial charge in [-0.05, 0) is 18.6 Å². The molecule has 0 aliphatic carbocycles. The number of hydrogen-bond acceptors (Lipinski definition) is 2. The quantitative estimate of drug-likeness (QED) is 0.555. The molecule has 0 aromatic heterocycles. The number of halogens is 4. The Morgan fingerprint density at radius 1 is 1.40 bits per heavy atom. The van der Waals surface area contributed by atoms with Crippen LogP contribution in [0.25, 0.3) is 0 Å². The van der Waals surface area contributed by atoms with Gasteiger partial charge in [-0.2, -0.15) is 13.2 Å². The minimum atomic E-state index is -4.78. The molecule has 0 N–H and O–H groups in total. The van der Waals surface area contributed by atoms with Gasteiger partial charge < -0.3 is 0 Å². The van der Waals surface area contributed by atoms with E-state index in [1.807, 2.05) is 0 Å². The molecule has 0 aliphatic rings. The first-order valence-electron chi connectivity index (χ1n) is 3.76. The summed E-state index contributed by atoms with van der Waals surface area (Å²) >= 11 is 5.47. The largest absolute Gasteiger partial charge is 0.423 e. The van der Waals surface area contributed by atoms with Crippen LogP contribution in [-0.2, 0) is 6.18 Å². The smallest absolute Gasteiger partial charge is 0.258 e. The Kier molecular flexibility index (Phi) is 2.90. The van der Waals surface area contributed by atoms with Crippen LogP contribution in [0.1, 0.15) is 11.1 Å². The normalized spacial score (nSPS) is 11.5. The fourth-order valence-electron chi connectivity index (χ4n) is 1.18. The lowest BCUT2D eigenvalue weighted by Gasteiger charge is -2.11. The van der Waals surface area contributed by atoms with Crippen molar-refractivity contribution >= 4 is 17.3 Å². The standard InChI is InChI=1S/C8H5ClF3NO2/c1-4-5(9)2-3-6(13(14)15)7(4)8(10,11)12/h2-3H,1H3. The molecule has 0 aliphatic heterocycles. The fourth-order valence-corrected chi connectivity index (χ4v) is 1.34. The predicted octanol–water partition coefficient (Wildman–Crippen LogP) is 3.58. The SMILES string of the molecule is Cc1c(Cl)ccc([N+](=O)[O-])c1C(F)(F)F. The van der Waals surface area contributed by atoms with Crippen molar-refractivity contribution in [2.45, 2.75) is 13.1 Å². The molecule has 1 aromatic rings. The van der Waals surface area contributed by atoms with Crippen molar-refractivity contribution < 1.29 is 18.1 Å². The van der Waals surface area contributed by atoms with Crippen molar-refractivity contribution in [1.82, 2.24) is 0 Å². The van der Waals surface area contributed by atoms with E-state index in [-0.39, 0.29) is 10.6 Å². The van der Waals surface area contributed by atoms with Gasteiger partial charge in [0.1, 0.15) is 5.56 Å². The lowest BCUT2D eigenvalue weighted by molar-refractivity contribution is -0.388. The molecule has 0 fully saturated rings. The Bertz CT molecular complexity index is 417. The molecule has 0 saturated carbocycles. The highest BCUT2D eigenvalue weighted by Crippen LogP contribution is 2.40. The molecule has 1 rings (SSSR count). The van der Waals surface area contributed by atoms with Gasteiger partial charge in [-0.25, -0.2) is 0 Å². The molecule has 0 heterocycles. The summed E-state index contributed by atoms with van der Waals surface area (Å²) in [6.07, 6.45) is -4.78. The predicted molar refractivity (Wildman–Crippen MR) is 47.8 cm³/mol. The Balaban J connectivity index is 3.57. The minimum absolute atomic E-state index is 0.145. The molecule has 0 radical (unpaired) electrons. The van der Waals surface area contributed by atoms with Crippen LogP contribution < -0.4 is 0 Å². The lowest BCUT2D eigenvalue weighted by Crippen LogP contribution is -2.11. The van der Waals surface area contributed by atoms with Crippen LogP contribution >= 0.6 is 11.6 Å². The van der Waals surface area contributed by atoms with Crippen molar-refractivity contribution in [1.29, 1.82) is 0 Å². The molecule has 3 nitrogen and oxygen atoms in total. The van der Waals surface area contributed by atoms with Crippen LogP contribution in [0.3, 0.4) is 0 Å². The van der Waals surface area contributed by atoms with Crippen LogP contribution in [0, 0.1) is 17.0 Å². The van der Waals surface area contributed by atoms with Gasteiger partial charge in [0, 0.05) is 11.1 Å². The maximum atomic E-state index is 12.5. The fraction of sp³-hybridized carbons (Fsp3) is 0.250. The molecule has 0 spiro atoms. The zero-order chi connectivity index (χ0) is 11.8. The zero-order valence-electron chi connectivity index (χ0n) is 7.43. The van der Waals surface area contributed by atoms with Gasteiger partial charge in [-0.1, -0.05) is 11.6 Å². The molecule has 0 saturated heterocycles. The summed E-state index contributed by atoms with van der Waals surface area (Å²) in [6.45, 7) is 1.10. The van der Waals surface area contributed by atoms with Gasteiger partial charge in [0.05, 0.1) is 4.92 Å². The second-order valence-corrected chi connectivity index (χ2v) is 3.23. The van der Waals surface area contributed by atoms with Crippen molar-refractivity contribution in [2.75, 3.05) is 0 Å². The third-order valence-electron chi connectivity index (χ3n) is 1.86. The van der Waals surface area contributed by atoms with Gasteiger partial charge >= 0.3 is 6.18 Å². The Hall–Kier alpha value is -1.30. The number of nitro benzene ring substituents is 1. The summed E-state index contributed by atoms with van der Waals surface area (Å²) in [6, 6.07) is 1.82. The van der Waals surface area contributed by atoms with E-state index in [1.165, 1.54) is 0 Å². The summed E-state index contributed by atoms with van der Waals surface area (Å²) in [7, 11) is 0. The summed E-state index contributed by atoms with van der Waals surface area (Å²) in [5, 5.41) is 10.2.